The molecule has 0 bridgehead atoms. The first-order chi connectivity index (χ1) is 13.0. The number of hydrogen-bond donors (Lipinski definition) is 1. The second kappa shape index (κ2) is 6.84. The summed E-state index contributed by atoms with van der Waals surface area (Å²) in [6, 6.07) is 1.74. The van der Waals surface area contributed by atoms with E-state index in [0.29, 0.717) is 0 Å². The zero-order valence-electron chi connectivity index (χ0n) is 14.3. The number of H-pyrrole nitrogens is 1. The largest absolute Gasteiger partial charge is 0.573 e. The van der Waals surface area contributed by atoms with Crippen LogP contribution in [0.1, 0.15) is 36.5 Å². The lowest BCUT2D eigenvalue weighted by Crippen LogP contribution is -2.18. The minimum absolute atomic E-state index is 0.108. The number of alkyl halides is 5. The Labute approximate surface area is 152 Å². The molecule has 2 heterocycles. The van der Waals surface area contributed by atoms with Crippen LogP contribution in [0.15, 0.2) is 23.0 Å². The fraction of sp³-hybridized carbons (Fsp3) is 0.312. The van der Waals surface area contributed by atoms with Crippen LogP contribution in [0.5, 0.6) is 5.75 Å². The van der Waals surface area contributed by atoms with Gasteiger partial charge >= 0.3 is 6.36 Å². The number of rotatable bonds is 4. The molecule has 1 unspecified atom stereocenters. The van der Waals surface area contributed by atoms with E-state index in [1.54, 1.807) is 0 Å². The normalized spacial score (nSPS) is 13.3. The molecule has 3 rings (SSSR count). The Morgan fingerprint density at radius 3 is 2.50 bits per heavy atom. The third-order valence-corrected chi connectivity index (χ3v) is 3.94. The molecule has 0 fully saturated rings. The predicted octanol–water partition coefficient (Wildman–Crippen LogP) is 4.01. The van der Waals surface area contributed by atoms with Crippen LogP contribution >= 0.6 is 0 Å². The highest BCUT2D eigenvalue weighted by Gasteiger charge is 2.32. The summed E-state index contributed by atoms with van der Waals surface area (Å²) in [5.41, 5.74) is -1.65. The Hall–Kier alpha value is -3.05. The minimum Gasteiger partial charge on any atom is -0.403 e. The molecule has 0 spiro atoms. The number of aryl methyl sites for hydroxylation is 1. The van der Waals surface area contributed by atoms with Gasteiger partial charge in [0, 0.05) is 0 Å². The highest BCUT2D eigenvalue weighted by Crippen LogP contribution is 2.31. The van der Waals surface area contributed by atoms with Crippen molar-refractivity contribution in [2.24, 2.45) is 0 Å². The molecule has 0 amide bonds. The summed E-state index contributed by atoms with van der Waals surface area (Å²) >= 11 is 0. The van der Waals surface area contributed by atoms with Gasteiger partial charge in [0.05, 0.1) is 6.04 Å². The van der Waals surface area contributed by atoms with Crippen molar-refractivity contribution < 1.29 is 31.1 Å². The molecule has 28 heavy (non-hydrogen) atoms. The van der Waals surface area contributed by atoms with Crippen molar-refractivity contribution in [2.75, 3.05) is 0 Å². The molecule has 2 aromatic heterocycles. The van der Waals surface area contributed by atoms with E-state index in [1.807, 2.05) is 0 Å². The topological polar surface area (TPSA) is 72.8 Å². The maximum atomic E-state index is 14.0. The zero-order valence-corrected chi connectivity index (χ0v) is 14.3. The molecule has 1 atom stereocenters. The molecule has 1 N–H and O–H groups in total. The van der Waals surface area contributed by atoms with Crippen LogP contribution in [0.25, 0.3) is 11.0 Å². The average molecular weight is 406 g/mol. The first kappa shape index (κ1) is 19.7. The second-order valence-corrected chi connectivity index (χ2v) is 5.89. The Morgan fingerprint density at radius 1 is 1.25 bits per heavy atom. The highest BCUT2D eigenvalue weighted by molar-refractivity contribution is 5.77. The van der Waals surface area contributed by atoms with Gasteiger partial charge in [0.2, 0.25) is 0 Å². The second-order valence-electron chi connectivity index (χ2n) is 5.89. The summed E-state index contributed by atoms with van der Waals surface area (Å²) in [5.74, 6) is -2.19. The van der Waals surface area contributed by atoms with E-state index in [0.717, 1.165) is 22.9 Å². The molecule has 3 aromatic rings. The molecule has 1 aromatic carbocycles. The van der Waals surface area contributed by atoms with Crippen molar-refractivity contribution in [3.63, 3.8) is 0 Å². The molecule has 150 valence electrons. The monoisotopic (exact) mass is 406 g/mol. The van der Waals surface area contributed by atoms with Crippen molar-refractivity contribution >= 4 is 11.0 Å². The lowest BCUT2D eigenvalue weighted by Gasteiger charge is -2.15. The smallest absolute Gasteiger partial charge is 0.403 e. The Balaban J connectivity index is 2.10. The molecule has 12 heteroatoms. The van der Waals surface area contributed by atoms with Crippen molar-refractivity contribution in [1.82, 2.24) is 19.7 Å². The molecular weight excluding hydrogens is 394 g/mol. The van der Waals surface area contributed by atoms with Gasteiger partial charge in [-0.2, -0.15) is 5.10 Å². The number of halogens is 6. The Bertz CT molecular complexity index is 1090. The number of benzene rings is 1. The summed E-state index contributed by atoms with van der Waals surface area (Å²) in [6.45, 7) is 2.88. The number of hydrogen-bond acceptors (Lipinski definition) is 4. The maximum absolute atomic E-state index is 14.0. The van der Waals surface area contributed by atoms with Crippen LogP contribution in [0.4, 0.5) is 26.3 Å². The van der Waals surface area contributed by atoms with Crippen LogP contribution < -0.4 is 10.3 Å². The lowest BCUT2D eigenvalue weighted by molar-refractivity contribution is -0.275. The minimum atomic E-state index is -5.07. The summed E-state index contributed by atoms with van der Waals surface area (Å²) in [5, 5.41) is 3.32. The Kier molecular flexibility index (Phi) is 4.81. The molecule has 0 saturated carbocycles. The third-order valence-electron chi connectivity index (χ3n) is 3.94. The molecule has 6 nitrogen and oxygen atoms in total. The van der Waals surface area contributed by atoms with Gasteiger partial charge in [-0.25, -0.2) is 22.8 Å². The van der Waals surface area contributed by atoms with E-state index in [4.69, 9.17) is 0 Å². The van der Waals surface area contributed by atoms with Crippen LogP contribution in [-0.2, 0) is 0 Å². The molecule has 0 aliphatic rings. The van der Waals surface area contributed by atoms with Crippen LogP contribution in [-0.4, -0.2) is 26.1 Å². The van der Waals surface area contributed by atoms with Gasteiger partial charge in [0.1, 0.15) is 16.9 Å². The Morgan fingerprint density at radius 2 is 1.93 bits per heavy atom. The van der Waals surface area contributed by atoms with E-state index in [2.05, 4.69) is 19.8 Å². The predicted molar refractivity (Wildman–Crippen MR) is 84.7 cm³/mol. The molecule has 0 aliphatic heterocycles. The van der Waals surface area contributed by atoms with Gasteiger partial charge in [0.15, 0.2) is 17.2 Å². The zero-order chi connectivity index (χ0) is 20.8. The number of ether oxygens (including phenoxy) is 1. The lowest BCUT2D eigenvalue weighted by atomic mass is 10.1. The van der Waals surface area contributed by atoms with E-state index in [9.17, 15) is 31.1 Å². The van der Waals surface area contributed by atoms with Gasteiger partial charge in [-0.1, -0.05) is 6.07 Å². The summed E-state index contributed by atoms with van der Waals surface area (Å²) in [4.78, 5) is 18.4. The van der Waals surface area contributed by atoms with E-state index < -0.39 is 47.0 Å². The van der Waals surface area contributed by atoms with Crippen molar-refractivity contribution in [3.05, 3.63) is 51.5 Å². The fourth-order valence-corrected chi connectivity index (χ4v) is 2.73. The number of nitrogens with zero attached hydrogens (tertiary/aromatic N) is 3. The number of fused-ring (bicyclic) bond motifs is 1. The van der Waals surface area contributed by atoms with Gasteiger partial charge < -0.3 is 9.72 Å². The van der Waals surface area contributed by atoms with E-state index >= 15 is 0 Å². The first-order valence-corrected chi connectivity index (χ1v) is 7.80. The van der Waals surface area contributed by atoms with Gasteiger partial charge in [0.25, 0.3) is 12.0 Å². The number of nitrogens with one attached hydrogen (secondary N) is 1. The molecular formula is C16H12F6N4O2. The van der Waals surface area contributed by atoms with Crippen LogP contribution in [0, 0.1) is 12.7 Å². The molecule has 0 saturated heterocycles. The van der Waals surface area contributed by atoms with Crippen molar-refractivity contribution in [3.8, 4) is 5.75 Å². The van der Waals surface area contributed by atoms with Crippen LogP contribution in [0.2, 0.25) is 0 Å². The quantitative estimate of drug-likeness (QED) is 0.665. The summed E-state index contributed by atoms with van der Waals surface area (Å²) in [6.07, 6.45) is -8.14. The van der Waals surface area contributed by atoms with Gasteiger partial charge in [-0.15, -0.1) is 13.2 Å². The third kappa shape index (κ3) is 3.66. The van der Waals surface area contributed by atoms with Crippen LogP contribution in [0.3, 0.4) is 0 Å². The maximum Gasteiger partial charge on any atom is 0.573 e. The average Bonchev–Trinajstić information content (AvgIpc) is 2.94. The number of aromatic nitrogens is 4. The fourth-order valence-electron chi connectivity index (χ4n) is 2.73. The van der Waals surface area contributed by atoms with E-state index in [-0.39, 0.29) is 17.0 Å². The molecule has 0 aliphatic carbocycles. The SMILES string of the molecule is Cc1nc2c(c(C(F)F)nn2C(C)c2ccc(OC(F)(F)F)c(F)c2)c(=O)[nH]1. The standard InChI is InChI=1S/C16H12F6N4O2/c1-6(8-3-4-10(9(17)5-8)28-16(20,21)22)26-14-11(12(25-26)13(18)19)15(27)24-7(2)23-14/h3-6,13H,1-2H3,(H,23,24,27). The first-order valence-electron chi connectivity index (χ1n) is 7.80. The highest BCUT2D eigenvalue weighted by atomic mass is 19.4. The van der Waals surface area contributed by atoms with Gasteiger partial charge in [-0.3, -0.25) is 4.79 Å². The number of aromatic amines is 1. The van der Waals surface area contributed by atoms with Gasteiger partial charge in [-0.05, 0) is 31.5 Å². The molecule has 0 radical (unpaired) electrons. The summed E-state index contributed by atoms with van der Waals surface area (Å²) in [7, 11) is 0. The van der Waals surface area contributed by atoms with E-state index in [1.165, 1.54) is 13.8 Å². The summed E-state index contributed by atoms with van der Waals surface area (Å²) < 4.78 is 81.9. The van der Waals surface area contributed by atoms with Crippen molar-refractivity contribution in [1.29, 1.82) is 0 Å². The van der Waals surface area contributed by atoms with Crippen molar-refractivity contribution in [2.45, 2.75) is 32.7 Å².